The Balaban J connectivity index is 0.960. The predicted molar refractivity (Wildman–Crippen MR) is 301 cm³/mol. The highest BCUT2D eigenvalue weighted by Gasteiger charge is 2.29. The summed E-state index contributed by atoms with van der Waals surface area (Å²) in [5, 5.41) is 2.51. The lowest BCUT2D eigenvalue weighted by molar-refractivity contribution is 0.593. The maximum atomic E-state index is 5.57. The molecule has 0 bridgehead atoms. The molecule has 2 aliphatic carbocycles. The van der Waals surface area contributed by atoms with Gasteiger partial charge in [0, 0.05) is 43.1 Å². The highest BCUT2D eigenvalue weighted by atomic mass is 32.1. The first kappa shape index (κ1) is 41.5. The maximum Gasteiger partial charge on any atom is 0.161 e. The van der Waals surface area contributed by atoms with Gasteiger partial charge < -0.3 is 0 Å². The smallest absolute Gasteiger partial charge is 0.161 e. The van der Waals surface area contributed by atoms with Crippen LogP contribution in [0.5, 0.6) is 0 Å². The van der Waals surface area contributed by atoms with E-state index in [4.69, 9.17) is 9.97 Å². The summed E-state index contributed by atoms with van der Waals surface area (Å²) >= 11 is 1.81. The molecule has 2 aromatic heterocycles. The Labute approximate surface area is 418 Å². The van der Waals surface area contributed by atoms with E-state index in [1.807, 2.05) is 11.3 Å². The predicted octanol–water partition coefficient (Wildman–Crippen LogP) is 19.1. The molecular weight excluding hydrogens is 877 g/mol. The summed E-state index contributed by atoms with van der Waals surface area (Å²) < 4.78 is 2.48. The number of fused-ring (bicyclic) bond motifs is 19. The van der Waals surface area contributed by atoms with Crippen molar-refractivity contribution in [1.82, 2.24) is 9.97 Å². The van der Waals surface area contributed by atoms with Gasteiger partial charge in [-0.3, -0.25) is 0 Å². The molecule has 3 heteroatoms. The van der Waals surface area contributed by atoms with Gasteiger partial charge in [-0.1, -0.05) is 215 Å². The summed E-state index contributed by atoms with van der Waals surface area (Å²) in [7, 11) is 0. The normalized spacial score (nSPS) is 12.2. The van der Waals surface area contributed by atoms with E-state index >= 15 is 0 Å². The average Bonchev–Trinajstić information content (AvgIpc) is 3.81. The zero-order valence-corrected chi connectivity index (χ0v) is 40.5. The highest BCUT2D eigenvalue weighted by molar-refractivity contribution is 7.26. The van der Waals surface area contributed by atoms with Crippen LogP contribution in [0.2, 0.25) is 0 Å². The van der Waals surface area contributed by atoms with Crippen LogP contribution in [0.1, 0.15) is 26.3 Å². The van der Waals surface area contributed by atoms with Crippen molar-refractivity contribution in [3.05, 3.63) is 230 Å². The van der Waals surface area contributed by atoms with Crippen LogP contribution in [0.3, 0.4) is 0 Å². The summed E-state index contributed by atoms with van der Waals surface area (Å²) in [5.74, 6) is 0.736. The zero-order valence-electron chi connectivity index (χ0n) is 39.7. The van der Waals surface area contributed by atoms with E-state index in [1.54, 1.807) is 0 Å². The van der Waals surface area contributed by atoms with Gasteiger partial charge >= 0.3 is 0 Å². The van der Waals surface area contributed by atoms with E-state index in [0.717, 1.165) is 39.3 Å². The molecule has 14 rings (SSSR count). The third-order valence-electron chi connectivity index (χ3n) is 14.8. The van der Waals surface area contributed by atoms with E-state index in [9.17, 15) is 0 Å². The van der Waals surface area contributed by atoms with Crippen LogP contribution >= 0.6 is 11.3 Å². The molecule has 71 heavy (non-hydrogen) atoms. The van der Waals surface area contributed by atoms with Crippen molar-refractivity contribution >= 4 is 31.5 Å². The number of aromatic nitrogens is 2. The van der Waals surface area contributed by atoms with E-state index < -0.39 is 0 Å². The number of thiophene rings is 1. The number of benzene rings is 10. The van der Waals surface area contributed by atoms with Gasteiger partial charge in [0.05, 0.1) is 5.69 Å². The molecule has 2 nitrogen and oxygen atoms in total. The fraction of sp³-hybridized carbons (Fsp3) is 0.0588. The molecule has 12 aromatic rings. The van der Waals surface area contributed by atoms with Gasteiger partial charge in [0.15, 0.2) is 5.82 Å². The van der Waals surface area contributed by atoms with E-state index in [0.29, 0.717) is 0 Å². The molecule has 0 atom stereocenters. The molecule has 2 aliphatic rings. The largest absolute Gasteiger partial charge is 0.236 e. The van der Waals surface area contributed by atoms with Gasteiger partial charge in [-0.15, -0.1) is 11.3 Å². The van der Waals surface area contributed by atoms with Gasteiger partial charge in [0.1, 0.15) is 0 Å². The van der Waals surface area contributed by atoms with Gasteiger partial charge in [0.25, 0.3) is 0 Å². The molecule has 334 valence electrons. The lowest BCUT2D eigenvalue weighted by Crippen LogP contribution is -2.15. The fourth-order valence-electron chi connectivity index (χ4n) is 11.8. The lowest BCUT2D eigenvalue weighted by atomic mass is 9.75. The van der Waals surface area contributed by atoms with Crippen LogP contribution in [0.15, 0.2) is 225 Å². The first-order chi connectivity index (χ1) is 34.9. The molecule has 0 saturated heterocycles. The zero-order chi connectivity index (χ0) is 47.4. The summed E-state index contributed by atoms with van der Waals surface area (Å²) in [4.78, 5) is 10.8. The monoisotopic (exact) mass is 922 g/mol. The average molecular weight is 923 g/mol. The van der Waals surface area contributed by atoms with Gasteiger partial charge in [0.2, 0.25) is 0 Å². The van der Waals surface area contributed by atoms with E-state index in [-0.39, 0.29) is 5.41 Å². The first-order valence-electron chi connectivity index (χ1n) is 24.6. The Morgan fingerprint density at radius 3 is 1.23 bits per heavy atom. The molecule has 0 N–H and O–H groups in total. The second kappa shape index (κ2) is 16.0. The minimum atomic E-state index is -0.200. The maximum absolute atomic E-state index is 5.57. The topological polar surface area (TPSA) is 25.8 Å². The van der Waals surface area contributed by atoms with Crippen molar-refractivity contribution in [3.63, 3.8) is 0 Å². The minimum Gasteiger partial charge on any atom is -0.236 e. The van der Waals surface area contributed by atoms with Gasteiger partial charge in [-0.05, 0) is 130 Å². The standard InChI is InChI=1S/C68H46N2S/c1-68(2,3)64-43(41-34-36-54-49-22-7-6-20-47(49)45-18-4-5-19-46(45)48-21-8-10-25-52(48)60(54)38-41)29-16-30-44(64)42-35-37-55-61(39-42)53-26-11-9-23-50(53)51-24-12-13-28-57(51)65-62(55)40-69-67(70-65)59-32-17-31-58-56-27-14-15-33-63(56)71-66(58)59/h4-40H,1-3H3. The Bertz CT molecular complexity index is 4160. The molecular formula is C68H46N2S. The number of rotatable bonds is 3. The highest BCUT2D eigenvalue weighted by Crippen LogP contribution is 2.52. The summed E-state index contributed by atoms with van der Waals surface area (Å²) in [6.45, 7) is 7.07. The molecule has 10 aromatic carbocycles. The number of hydrogen-bond acceptors (Lipinski definition) is 3. The Morgan fingerprint density at radius 2 is 0.704 bits per heavy atom. The summed E-state index contributed by atoms with van der Waals surface area (Å²) in [5.41, 5.74) is 25.9. The third-order valence-corrected chi connectivity index (χ3v) is 16.1. The van der Waals surface area contributed by atoms with Crippen LogP contribution in [0.4, 0.5) is 0 Å². The van der Waals surface area contributed by atoms with E-state index in [2.05, 4.69) is 245 Å². The molecule has 0 unspecified atom stereocenters. The second-order valence-corrected chi connectivity index (χ2v) is 21.0. The van der Waals surface area contributed by atoms with Gasteiger partial charge in [-0.25, -0.2) is 9.97 Å². The van der Waals surface area contributed by atoms with Crippen LogP contribution in [0.25, 0.3) is 143 Å². The molecule has 0 aliphatic heterocycles. The fourth-order valence-corrected chi connectivity index (χ4v) is 13.0. The SMILES string of the molecule is CC(C)(C)c1c(-c2ccc3c(c2)-c2ccccc2-c2ccccc2-c2ccccc2-3)cccc1-c1ccc2c(c1)-c1ccccc1-c1ccccc1-c1nc(-c3cccc4c3sc3ccccc34)ncc1-2. The quantitative estimate of drug-likeness (QED) is 0.176. The third kappa shape index (κ3) is 6.54. The first-order valence-corrected chi connectivity index (χ1v) is 25.4. The summed E-state index contributed by atoms with van der Waals surface area (Å²) in [6, 6.07) is 80.7. The lowest BCUT2D eigenvalue weighted by Gasteiger charge is -2.29. The van der Waals surface area contributed by atoms with Crippen LogP contribution < -0.4 is 0 Å². The van der Waals surface area contributed by atoms with Gasteiger partial charge in [-0.2, -0.15) is 0 Å². The van der Waals surface area contributed by atoms with Crippen molar-refractivity contribution < 1.29 is 0 Å². The Hall–Kier alpha value is -8.50. The molecule has 0 fully saturated rings. The van der Waals surface area contributed by atoms with Crippen molar-refractivity contribution in [1.29, 1.82) is 0 Å². The number of nitrogens with zero attached hydrogens (tertiary/aromatic N) is 2. The summed E-state index contributed by atoms with van der Waals surface area (Å²) in [6.07, 6.45) is 2.07. The molecule has 0 radical (unpaired) electrons. The van der Waals surface area contributed by atoms with Crippen LogP contribution in [-0.4, -0.2) is 9.97 Å². The van der Waals surface area contributed by atoms with Crippen molar-refractivity contribution in [2.24, 2.45) is 0 Å². The minimum absolute atomic E-state index is 0.200. The van der Waals surface area contributed by atoms with Crippen molar-refractivity contribution in [2.75, 3.05) is 0 Å². The molecule has 2 heterocycles. The Kier molecular flexibility index (Phi) is 9.36. The Morgan fingerprint density at radius 1 is 0.324 bits per heavy atom. The van der Waals surface area contributed by atoms with Crippen molar-refractivity contribution in [3.8, 4) is 123 Å². The van der Waals surface area contributed by atoms with Crippen molar-refractivity contribution in [2.45, 2.75) is 26.2 Å². The molecule has 0 saturated carbocycles. The molecule has 0 amide bonds. The van der Waals surface area contributed by atoms with E-state index in [1.165, 1.54) is 109 Å². The molecule has 0 spiro atoms. The van der Waals surface area contributed by atoms with Crippen LogP contribution in [0, 0.1) is 0 Å². The second-order valence-electron chi connectivity index (χ2n) is 20.0. The van der Waals surface area contributed by atoms with Crippen LogP contribution in [-0.2, 0) is 5.41 Å². The number of hydrogen-bond donors (Lipinski definition) is 0.